The van der Waals surface area contributed by atoms with Crippen molar-refractivity contribution in [1.82, 2.24) is 9.55 Å². The summed E-state index contributed by atoms with van der Waals surface area (Å²) in [4.78, 5) is 53.7. The number of aromatic amines is 1. The molecule has 2 aliphatic rings. The van der Waals surface area contributed by atoms with Crippen LogP contribution in [0.25, 0.3) is 0 Å². The van der Waals surface area contributed by atoms with E-state index in [1.807, 2.05) is 0 Å². The highest BCUT2D eigenvalue weighted by Gasteiger charge is 2.44. The van der Waals surface area contributed by atoms with Gasteiger partial charge in [-0.05, 0) is 15.9 Å². The highest BCUT2D eigenvalue weighted by atomic mass is 79.9. The van der Waals surface area contributed by atoms with Gasteiger partial charge >= 0.3 is 21.1 Å². The van der Waals surface area contributed by atoms with Gasteiger partial charge in [-0.3, -0.25) is 23.4 Å². The number of aliphatic hydroxyl groups is 1. The number of phosphoric acid groups is 1. The molecule has 36 heavy (non-hydrogen) atoms. The molecule has 0 aliphatic carbocycles. The Bertz CT molecular complexity index is 1130. The molecular formula is C17H27BBrN2O13P2. The third kappa shape index (κ3) is 7.68. The number of ether oxygens (including phenoxy) is 3. The minimum absolute atomic E-state index is 0.0157. The van der Waals surface area contributed by atoms with Crippen molar-refractivity contribution in [3.63, 3.8) is 0 Å². The number of halogens is 1. The maximum Gasteiger partial charge on any atom is 0.469 e. The summed E-state index contributed by atoms with van der Waals surface area (Å²) in [7, 11) is -6.11. The number of rotatable bonds is 11. The van der Waals surface area contributed by atoms with Gasteiger partial charge in [0.1, 0.15) is 18.4 Å². The highest BCUT2D eigenvalue weighted by molar-refractivity contribution is 9.10. The monoisotopic (exact) mass is 619 g/mol. The molecule has 5 N–H and O–H groups in total. The molecule has 1 radical (unpaired) electrons. The number of H-pyrrole nitrogens is 1. The van der Waals surface area contributed by atoms with Crippen LogP contribution in [0.2, 0.25) is 0 Å². The average molecular weight is 620 g/mol. The van der Waals surface area contributed by atoms with Gasteiger partial charge in [-0.25, -0.2) is 9.36 Å². The molecule has 2 fully saturated rings. The van der Waals surface area contributed by atoms with Crippen molar-refractivity contribution in [2.45, 2.75) is 50.0 Å². The van der Waals surface area contributed by atoms with E-state index in [-0.39, 0.29) is 16.8 Å². The normalized spacial score (nSPS) is 32.5. The van der Waals surface area contributed by atoms with Gasteiger partial charge in [0.15, 0.2) is 7.28 Å². The van der Waals surface area contributed by atoms with Gasteiger partial charge in [0.05, 0.1) is 29.9 Å². The predicted octanol–water partition coefficient (Wildman–Crippen LogP) is -0.703. The van der Waals surface area contributed by atoms with Crippen LogP contribution in [0.4, 0.5) is 0 Å². The minimum atomic E-state index is -4.71. The summed E-state index contributed by atoms with van der Waals surface area (Å²) in [5.41, 5.74) is -1.36. The minimum Gasteiger partial charge on any atom is -0.390 e. The molecule has 15 nitrogen and oxygen atoms in total. The Kier molecular flexibility index (Phi) is 9.97. The molecule has 1 aromatic heterocycles. The number of methoxy groups -OCH3 is 1. The lowest BCUT2D eigenvalue weighted by Crippen LogP contribution is -2.33. The Balaban J connectivity index is 1.52. The second-order valence-corrected chi connectivity index (χ2v) is 12.4. The first-order valence-corrected chi connectivity index (χ1v) is 14.8. The summed E-state index contributed by atoms with van der Waals surface area (Å²) in [5.74, 6) is -0.323. The van der Waals surface area contributed by atoms with Crippen molar-refractivity contribution in [2.75, 3.05) is 26.4 Å². The molecule has 3 rings (SSSR count). The van der Waals surface area contributed by atoms with E-state index in [1.165, 1.54) is 20.6 Å². The fourth-order valence-electron chi connectivity index (χ4n) is 4.06. The number of hydrogen-bond acceptors (Lipinski definition) is 10. The average Bonchev–Trinajstić information content (AvgIpc) is 3.30. The van der Waals surface area contributed by atoms with Crippen LogP contribution in [0.15, 0.2) is 20.3 Å². The lowest BCUT2D eigenvalue weighted by atomic mass is 9.68. The van der Waals surface area contributed by atoms with E-state index in [0.29, 0.717) is 0 Å². The molecule has 0 aromatic carbocycles. The van der Waals surface area contributed by atoms with Crippen LogP contribution in [0, 0.1) is 5.92 Å². The van der Waals surface area contributed by atoms with E-state index in [2.05, 4.69) is 25.4 Å². The fourth-order valence-corrected chi connectivity index (χ4v) is 5.68. The van der Waals surface area contributed by atoms with Crippen LogP contribution >= 0.6 is 31.3 Å². The molecule has 0 spiro atoms. The molecule has 203 valence electrons. The zero-order chi connectivity index (χ0) is 26.8. The van der Waals surface area contributed by atoms with Crippen LogP contribution in [-0.2, 0) is 32.4 Å². The van der Waals surface area contributed by atoms with Gasteiger partial charge in [-0.15, -0.1) is 0 Å². The molecule has 1 aromatic rings. The Labute approximate surface area is 214 Å². The van der Waals surface area contributed by atoms with E-state index >= 15 is 0 Å². The van der Waals surface area contributed by atoms with Crippen molar-refractivity contribution in [3.05, 3.63) is 31.5 Å². The molecule has 0 amide bonds. The quantitative estimate of drug-likeness (QED) is 0.153. The highest BCUT2D eigenvalue weighted by Crippen LogP contribution is 2.44. The van der Waals surface area contributed by atoms with E-state index in [0.717, 1.165) is 4.57 Å². The van der Waals surface area contributed by atoms with Gasteiger partial charge in [0.2, 0.25) is 0 Å². The summed E-state index contributed by atoms with van der Waals surface area (Å²) in [6.45, 7) is 0.868. The molecule has 0 bridgehead atoms. The Morgan fingerprint density at radius 1 is 1.19 bits per heavy atom. The first-order valence-electron chi connectivity index (χ1n) is 10.7. The van der Waals surface area contributed by atoms with Gasteiger partial charge in [-0.2, -0.15) is 0 Å². The molecule has 2 saturated heterocycles. The van der Waals surface area contributed by atoms with Crippen molar-refractivity contribution in [2.24, 2.45) is 5.92 Å². The number of nitrogens with one attached hydrogen (secondary N) is 1. The van der Waals surface area contributed by atoms with Gasteiger partial charge < -0.3 is 38.5 Å². The smallest absolute Gasteiger partial charge is 0.390 e. The second-order valence-electron chi connectivity index (χ2n) is 8.41. The molecule has 3 heterocycles. The maximum atomic E-state index is 12.6. The summed E-state index contributed by atoms with van der Waals surface area (Å²) in [5, 5.41) is 10.3. The summed E-state index contributed by atoms with van der Waals surface area (Å²) < 4.78 is 51.0. The topological polar surface area (TPSA) is 216 Å². The summed E-state index contributed by atoms with van der Waals surface area (Å²) >= 11 is 3.01. The lowest BCUT2D eigenvalue weighted by Gasteiger charge is -2.20. The predicted molar refractivity (Wildman–Crippen MR) is 127 cm³/mol. The zero-order valence-corrected chi connectivity index (χ0v) is 22.6. The van der Waals surface area contributed by atoms with Crippen molar-refractivity contribution < 1.29 is 52.2 Å². The van der Waals surface area contributed by atoms with Crippen molar-refractivity contribution in [1.29, 1.82) is 0 Å². The largest absolute Gasteiger partial charge is 0.469 e. The van der Waals surface area contributed by atoms with Gasteiger partial charge in [0.25, 0.3) is 5.56 Å². The lowest BCUT2D eigenvalue weighted by molar-refractivity contribution is -0.0423. The van der Waals surface area contributed by atoms with Crippen LogP contribution in [-0.4, -0.2) is 93.4 Å². The molecule has 2 aliphatic heterocycles. The molecule has 19 heteroatoms. The number of aliphatic hydroxyl groups excluding tert-OH is 1. The Morgan fingerprint density at radius 3 is 2.50 bits per heavy atom. The number of phosphoric ester groups is 1. The third-order valence-corrected chi connectivity index (χ3v) is 8.14. The van der Waals surface area contributed by atoms with Crippen LogP contribution in [0.1, 0.15) is 19.6 Å². The Hall–Kier alpha value is -0.675. The zero-order valence-electron chi connectivity index (χ0n) is 19.2. The van der Waals surface area contributed by atoms with Crippen LogP contribution in [0.3, 0.4) is 0 Å². The fraction of sp³-hybridized carbons (Fsp3) is 0.765. The van der Waals surface area contributed by atoms with Crippen LogP contribution in [0.5, 0.6) is 0 Å². The van der Waals surface area contributed by atoms with Crippen molar-refractivity contribution >= 4 is 38.6 Å². The first kappa shape index (κ1) is 29.9. The van der Waals surface area contributed by atoms with Gasteiger partial charge in [-0.1, -0.05) is 6.92 Å². The number of nitrogens with zero attached hydrogens (tertiary/aromatic N) is 1. The van der Waals surface area contributed by atoms with E-state index in [1.54, 1.807) is 6.92 Å². The standard InChI is InChI=1S/C17H27BBrN2O13P2/c1-8-14(30-2)12(6-32-36(27,28)29)34-15(8)18-7-35(25,26)31-5-11-10(22)3-13(33-11)21-4-9(19)16(23)20-17(21)24/h4,8,10-15,22H,3,5-7H2,1-2H3,(H,25,26)(H,20,23,24)(H2,27,28,29). The molecular weight excluding hydrogens is 593 g/mol. The molecule has 0 saturated carbocycles. The SMILES string of the molecule is COC1C(COP(=O)(O)O)OC([B]CP(=O)(O)OCC2OC(n3cc(Br)c(=O)[nH]c3=O)CC2O)C1C. The second kappa shape index (κ2) is 12.0. The van der Waals surface area contributed by atoms with Gasteiger partial charge in [0, 0.05) is 37.7 Å². The molecule has 8 unspecified atom stereocenters. The first-order chi connectivity index (χ1) is 16.7. The summed E-state index contributed by atoms with van der Waals surface area (Å²) in [6.07, 6.45) is -3.22. The Morgan fingerprint density at radius 2 is 1.86 bits per heavy atom. The van der Waals surface area contributed by atoms with Crippen molar-refractivity contribution in [3.8, 4) is 0 Å². The number of hydrogen-bond donors (Lipinski definition) is 5. The van der Waals surface area contributed by atoms with E-state index in [4.69, 9.17) is 28.5 Å². The number of aromatic nitrogens is 2. The van der Waals surface area contributed by atoms with E-state index < -0.39 is 82.6 Å². The van der Waals surface area contributed by atoms with E-state index in [9.17, 15) is 28.7 Å². The summed E-state index contributed by atoms with van der Waals surface area (Å²) in [6, 6.07) is -1.11. The third-order valence-electron chi connectivity index (χ3n) is 5.86. The maximum absolute atomic E-state index is 12.6. The molecule has 8 atom stereocenters. The van der Waals surface area contributed by atoms with Crippen LogP contribution < -0.4 is 11.2 Å².